The molecule has 0 saturated heterocycles. The molecule has 1 aromatic carbocycles. The van der Waals surface area contributed by atoms with Crippen molar-refractivity contribution in [3.63, 3.8) is 0 Å². The number of rotatable bonds is 1. The van der Waals surface area contributed by atoms with Crippen molar-refractivity contribution in [1.29, 1.82) is 0 Å². The van der Waals surface area contributed by atoms with Crippen molar-refractivity contribution < 1.29 is 19.0 Å². The molecule has 17 heavy (non-hydrogen) atoms. The number of hydrogen-bond donors (Lipinski definition) is 2. The van der Waals surface area contributed by atoms with Gasteiger partial charge >= 0.3 is 0 Å². The van der Waals surface area contributed by atoms with Gasteiger partial charge in [0.25, 0.3) is 0 Å². The first-order valence-electron chi connectivity index (χ1n) is 5.72. The Kier molecular flexibility index (Phi) is 2.19. The highest BCUT2D eigenvalue weighted by atomic mass is 19.1. The molecular weight excluding hydrogens is 225 g/mol. The normalized spacial score (nSPS) is 20.8. The maximum atomic E-state index is 14.1. The highest BCUT2D eigenvalue weighted by molar-refractivity contribution is 5.56. The second-order valence-corrected chi connectivity index (χ2v) is 4.68. The zero-order valence-corrected chi connectivity index (χ0v) is 9.33. The predicted molar refractivity (Wildman–Crippen MR) is 58.5 cm³/mol. The van der Waals surface area contributed by atoms with Crippen molar-refractivity contribution in [3.05, 3.63) is 17.4 Å². The minimum atomic E-state index is -0.749. The largest absolute Gasteiger partial charge is 0.505 e. The average Bonchev–Trinajstić information content (AvgIpc) is 2.89. The van der Waals surface area contributed by atoms with Crippen molar-refractivity contribution in [2.75, 3.05) is 6.79 Å². The highest BCUT2D eigenvalue weighted by Gasteiger charge is 2.40. The van der Waals surface area contributed by atoms with Crippen molar-refractivity contribution in [2.24, 2.45) is 5.73 Å². The summed E-state index contributed by atoms with van der Waals surface area (Å²) in [4.78, 5) is 0. The van der Waals surface area contributed by atoms with Crippen LogP contribution in [0.15, 0.2) is 6.07 Å². The van der Waals surface area contributed by atoms with Gasteiger partial charge in [0.1, 0.15) is 0 Å². The van der Waals surface area contributed by atoms with Crippen LogP contribution in [0.25, 0.3) is 0 Å². The monoisotopic (exact) mass is 239 g/mol. The molecule has 2 aliphatic rings. The quantitative estimate of drug-likeness (QED) is 0.786. The van der Waals surface area contributed by atoms with Gasteiger partial charge < -0.3 is 20.3 Å². The number of phenols is 1. The van der Waals surface area contributed by atoms with E-state index < -0.39 is 17.1 Å². The fourth-order valence-electron chi connectivity index (χ4n) is 2.71. The van der Waals surface area contributed by atoms with E-state index >= 15 is 0 Å². The van der Waals surface area contributed by atoms with Crippen molar-refractivity contribution in [2.45, 2.75) is 31.2 Å². The van der Waals surface area contributed by atoms with E-state index in [1.54, 1.807) is 0 Å². The predicted octanol–water partition coefficient (Wildman–Crippen LogP) is 1.99. The lowest BCUT2D eigenvalue weighted by Crippen LogP contribution is -2.34. The Morgan fingerprint density at radius 1 is 1.29 bits per heavy atom. The van der Waals surface area contributed by atoms with Crippen LogP contribution in [0.2, 0.25) is 0 Å². The number of fused-ring (bicyclic) bond motifs is 1. The summed E-state index contributed by atoms with van der Waals surface area (Å²) in [6.45, 7) is 0.0430. The summed E-state index contributed by atoms with van der Waals surface area (Å²) in [7, 11) is 0. The Morgan fingerprint density at radius 3 is 2.71 bits per heavy atom. The van der Waals surface area contributed by atoms with Gasteiger partial charge in [0.2, 0.25) is 6.79 Å². The molecule has 0 aromatic heterocycles. The zero-order valence-electron chi connectivity index (χ0n) is 9.33. The van der Waals surface area contributed by atoms with Crippen LogP contribution in [0, 0.1) is 5.82 Å². The molecule has 92 valence electrons. The fraction of sp³-hybridized carbons (Fsp3) is 0.500. The number of halogens is 1. The highest BCUT2D eigenvalue weighted by Crippen LogP contribution is 2.49. The summed E-state index contributed by atoms with van der Waals surface area (Å²) in [5.41, 5.74) is 5.75. The number of ether oxygens (including phenoxy) is 2. The Balaban J connectivity index is 2.21. The molecular formula is C12H14FNO3. The van der Waals surface area contributed by atoms with Crippen LogP contribution in [0.1, 0.15) is 31.2 Å². The summed E-state index contributed by atoms with van der Waals surface area (Å²) in [6, 6.07) is 1.24. The van der Waals surface area contributed by atoms with Crippen LogP contribution in [-0.4, -0.2) is 11.9 Å². The van der Waals surface area contributed by atoms with Gasteiger partial charge in [-0.2, -0.15) is 0 Å². The van der Waals surface area contributed by atoms with Crippen LogP contribution in [-0.2, 0) is 5.54 Å². The second-order valence-electron chi connectivity index (χ2n) is 4.68. The van der Waals surface area contributed by atoms with Gasteiger partial charge in [-0.1, -0.05) is 12.8 Å². The van der Waals surface area contributed by atoms with Gasteiger partial charge in [0, 0.05) is 11.6 Å². The minimum absolute atomic E-state index is 0.0430. The van der Waals surface area contributed by atoms with Crippen LogP contribution in [0.3, 0.4) is 0 Å². The molecule has 0 bridgehead atoms. The number of hydrogen-bond acceptors (Lipinski definition) is 4. The van der Waals surface area contributed by atoms with Crippen LogP contribution >= 0.6 is 0 Å². The van der Waals surface area contributed by atoms with E-state index in [0.29, 0.717) is 24.3 Å². The molecule has 1 aliphatic heterocycles. The van der Waals surface area contributed by atoms with Crippen LogP contribution in [0.5, 0.6) is 17.2 Å². The Hall–Kier alpha value is -1.49. The molecule has 0 amide bonds. The number of nitrogens with two attached hydrogens (primary N) is 1. The topological polar surface area (TPSA) is 64.7 Å². The Bertz CT molecular complexity index is 469. The second kappa shape index (κ2) is 3.50. The molecule has 0 unspecified atom stereocenters. The lowest BCUT2D eigenvalue weighted by molar-refractivity contribution is 0.171. The Labute approximate surface area is 98.1 Å². The van der Waals surface area contributed by atoms with Gasteiger partial charge in [0.05, 0.1) is 5.56 Å². The summed E-state index contributed by atoms with van der Waals surface area (Å²) in [5.74, 6) is -0.389. The molecule has 0 radical (unpaired) electrons. The molecule has 1 aromatic rings. The Morgan fingerprint density at radius 2 is 2.00 bits per heavy atom. The van der Waals surface area contributed by atoms with Crippen molar-refractivity contribution >= 4 is 0 Å². The molecule has 0 spiro atoms. The first kappa shape index (κ1) is 10.7. The maximum Gasteiger partial charge on any atom is 0.231 e. The van der Waals surface area contributed by atoms with E-state index in [1.165, 1.54) is 6.07 Å². The van der Waals surface area contributed by atoms with Gasteiger partial charge in [-0.15, -0.1) is 0 Å². The van der Waals surface area contributed by atoms with Crippen LogP contribution < -0.4 is 15.2 Å². The van der Waals surface area contributed by atoms with Crippen LogP contribution in [0.4, 0.5) is 4.39 Å². The summed E-state index contributed by atoms with van der Waals surface area (Å²) < 4.78 is 24.6. The number of aromatic hydroxyl groups is 1. The molecule has 1 heterocycles. The summed E-state index contributed by atoms with van der Waals surface area (Å²) in [6.07, 6.45) is 3.31. The van der Waals surface area contributed by atoms with Gasteiger partial charge in [-0.05, 0) is 12.8 Å². The standard InChI is InChI=1S/C12H14FNO3/c13-10-7(15)5-8-11(17-6-16-8)9(10)12(14)3-1-2-4-12/h5,15H,1-4,6,14H2. The molecule has 3 rings (SSSR count). The molecule has 0 atom stereocenters. The van der Waals surface area contributed by atoms with Gasteiger partial charge in [0.15, 0.2) is 23.1 Å². The van der Waals surface area contributed by atoms with E-state index in [-0.39, 0.29) is 12.4 Å². The number of benzene rings is 1. The summed E-state index contributed by atoms with van der Waals surface area (Å²) >= 11 is 0. The molecule has 1 saturated carbocycles. The SMILES string of the molecule is NC1(c2c(F)c(O)cc3c2OCO3)CCCC1. The van der Waals surface area contributed by atoms with Crippen molar-refractivity contribution in [3.8, 4) is 17.2 Å². The third-order valence-corrected chi connectivity index (χ3v) is 3.57. The average molecular weight is 239 g/mol. The first-order chi connectivity index (χ1) is 8.12. The van der Waals surface area contributed by atoms with E-state index in [2.05, 4.69) is 0 Å². The van der Waals surface area contributed by atoms with Crippen molar-refractivity contribution in [1.82, 2.24) is 0 Å². The fourth-order valence-corrected chi connectivity index (χ4v) is 2.71. The molecule has 1 aliphatic carbocycles. The minimum Gasteiger partial charge on any atom is -0.505 e. The smallest absolute Gasteiger partial charge is 0.231 e. The molecule has 3 N–H and O–H groups in total. The lowest BCUT2D eigenvalue weighted by Gasteiger charge is -2.26. The maximum absolute atomic E-state index is 14.1. The van der Waals surface area contributed by atoms with E-state index in [9.17, 15) is 9.50 Å². The third-order valence-electron chi connectivity index (χ3n) is 3.57. The van der Waals surface area contributed by atoms with E-state index in [0.717, 1.165) is 12.8 Å². The number of phenolic OH excluding ortho intramolecular Hbond substituents is 1. The van der Waals surface area contributed by atoms with Gasteiger partial charge in [-0.25, -0.2) is 4.39 Å². The third kappa shape index (κ3) is 1.45. The lowest BCUT2D eigenvalue weighted by atomic mass is 9.87. The molecule has 4 nitrogen and oxygen atoms in total. The molecule has 1 fully saturated rings. The first-order valence-corrected chi connectivity index (χ1v) is 5.72. The molecule has 5 heteroatoms. The zero-order chi connectivity index (χ0) is 12.0. The van der Waals surface area contributed by atoms with E-state index in [4.69, 9.17) is 15.2 Å². The van der Waals surface area contributed by atoms with E-state index in [1.807, 2.05) is 0 Å². The summed E-state index contributed by atoms with van der Waals surface area (Å²) in [5, 5.41) is 9.57. The van der Waals surface area contributed by atoms with Gasteiger partial charge in [-0.3, -0.25) is 0 Å².